The molecule has 1 saturated heterocycles. The van der Waals surface area contributed by atoms with E-state index in [1.165, 1.54) is 11.8 Å². The maximum atomic E-state index is 12.7. The molecule has 1 amide bonds. The van der Waals surface area contributed by atoms with Crippen LogP contribution in [0.2, 0.25) is 0 Å². The van der Waals surface area contributed by atoms with Crippen molar-refractivity contribution in [1.82, 2.24) is 4.90 Å². The fourth-order valence-electron chi connectivity index (χ4n) is 3.00. The highest BCUT2D eigenvalue weighted by Crippen LogP contribution is 2.36. The van der Waals surface area contributed by atoms with Crippen molar-refractivity contribution in [1.29, 1.82) is 0 Å². The maximum absolute atomic E-state index is 12.7. The minimum atomic E-state index is -0.780. The number of likely N-dealkylation sites (tertiary alicyclic amines) is 1. The Morgan fingerprint density at radius 2 is 2.10 bits per heavy atom. The van der Waals surface area contributed by atoms with E-state index in [9.17, 15) is 14.7 Å². The Morgan fingerprint density at radius 3 is 2.71 bits per heavy atom. The molecule has 1 fully saturated rings. The fourth-order valence-corrected chi connectivity index (χ4v) is 3.59. The lowest BCUT2D eigenvalue weighted by molar-refractivity contribution is -0.148. The first-order chi connectivity index (χ1) is 10.0. The lowest BCUT2D eigenvalue weighted by atomic mass is 9.83. The van der Waals surface area contributed by atoms with Crippen molar-refractivity contribution >= 4 is 23.6 Å². The summed E-state index contributed by atoms with van der Waals surface area (Å²) >= 11 is 1.54. The highest BCUT2D eigenvalue weighted by atomic mass is 32.2. The van der Waals surface area contributed by atoms with E-state index in [0.29, 0.717) is 31.5 Å². The van der Waals surface area contributed by atoms with Gasteiger partial charge in [-0.05, 0) is 31.2 Å². The molecule has 2 rings (SSSR count). The number of carbonyl (C=O) groups excluding carboxylic acids is 1. The summed E-state index contributed by atoms with van der Waals surface area (Å²) in [6.07, 6.45) is 3.92. The zero-order valence-electron chi connectivity index (χ0n) is 12.5. The Bertz CT molecular complexity index is 546. The molecule has 5 heteroatoms. The van der Waals surface area contributed by atoms with Crippen molar-refractivity contribution in [2.75, 3.05) is 19.3 Å². The summed E-state index contributed by atoms with van der Waals surface area (Å²) in [6.45, 7) is 2.82. The van der Waals surface area contributed by atoms with E-state index < -0.39 is 11.4 Å². The van der Waals surface area contributed by atoms with Crippen LogP contribution in [0.15, 0.2) is 29.2 Å². The first-order valence-corrected chi connectivity index (χ1v) is 8.42. The minimum absolute atomic E-state index is 0.0563. The number of thioether (sulfide) groups is 1. The molecular formula is C16H21NO3S. The number of nitrogens with zero attached hydrogens (tertiary/aromatic N) is 1. The van der Waals surface area contributed by atoms with Crippen LogP contribution >= 0.6 is 11.8 Å². The summed E-state index contributed by atoms with van der Waals surface area (Å²) in [6, 6.07) is 7.49. The molecular weight excluding hydrogens is 286 g/mol. The van der Waals surface area contributed by atoms with Gasteiger partial charge in [0.1, 0.15) is 0 Å². The average molecular weight is 307 g/mol. The first-order valence-electron chi connectivity index (χ1n) is 7.20. The molecule has 1 aromatic carbocycles. The molecule has 21 heavy (non-hydrogen) atoms. The summed E-state index contributed by atoms with van der Waals surface area (Å²) in [5, 5.41) is 9.52. The third-order valence-electron chi connectivity index (χ3n) is 4.16. The standard InChI is InChI=1S/C16H21NO3S/c1-3-8-16(15(19)20)9-10-17(11-16)14(18)12-6-4-5-7-13(12)21-2/h4-7H,3,8-11H2,1-2H3,(H,19,20). The van der Waals surface area contributed by atoms with Crippen LogP contribution in [0.5, 0.6) is 0 Å². The highest BCUT2D eigenvalue weighted by Gasteiger charge is 2.45. The average Bonchev–Trinajstić information content (AvgIpc) is 2.92. The molecule has 1 aromatic rings. The molecule has 1 unspecified atom stereocenters. The Hall–Kier alpha value is -1.49. The number of benzene rings is 1. The predicted octanol–water partition coefficient (Wildman–Crippen LogP) is 3.13. The smallest absolute Gasteiger partial charge is 0.311 e. The molecule has 0 aromatic heterocycles. The molecule has 1 aliphatic rings. The van der Waals surface area contributed by atoms with Crippen LogP contribution in [0.25, 0.3) is 0 Å². The molecule has 1 N–H and O–H groups in total. The van der Waals surface area contributed by atoms with Gasteiger partial charge in [0.05, 0.1) is 11.0 Å². The number of hydrogen-bond acceptors (Lipinski definition) is 3. The van der Waals surface area contributed by atoms with Crippen LogP contribution < -0.4 is 0 Å². The van der Waals surface area contributed by atoms with Crippen molar-refractivity contribution in [2.24, 2.45) is 5.41 Å². The van der Waals surface area contributed by atoms with Gasteiger partial charge < -0.3 is 10.0 Å². The molecule has 4 nitrogen and oxygen atoms in total. The zero-order chi connectivity index (χ0) is 15.5. The lowest BCUT2D eigenvalue weighted by Gasteiger charge is -2.24. The SMILES string of the molecule is CCCC1(C(=O)O)CCN(C(=O)c2ccccc2SC)C1. The third-order valence-corrected chi connectivity index (χ3v) is 4.96. The van der Waals surface area contributed by atoms with E-state index in [0.717, 1.165) is 11.3 Å². The predicted molar refractivity (Wildman–Crippen MR) is 83.7 cm³/mol. The van der Waals surface area contributed by atoms with Crippen molar-refractivity contribution in [3.63, 3.8) is 0 Å². The Balaban J connectivity index is 2.20. The van der Waals surface area contributed by atoms with E-state index in [-0.39, 0.29) is 5.91 Å². The molecule has 0 aliphatic carbocycles. The van der Waals surface area contributed by atoms with Gasteiger partial charge in [-0.3, -0.25) is 9.59 Å². The van der Waals surface area contributed by atoms with Gasteiger partial charge in [0.2, 0.25) is 0 Å². The van der Waals surface area contributed by atoms with Gasteiger partial charge in [0.25, 0.3) is 5.91 Å². The second-order valence-electron chi connectivity index (χ2n) is 5.51. The van der Waals surface area contributed by atoms with Crippen molar-refractivity contribution in [2.45, 2.75) is 31.1 Å². The van der Waals surface area contributed by atoms with Gasteiger partial charge in [-0.2, -0.15) is 0 Å². The van der Waals surface area contributed by atoms with Gasteiger partial charge in [-0.1, -0.05) is 25.5 Å². The van der Waals surface area contributed by atoms with E-state index >= 15 is 0 Å². The Morgan fingerprint density at radius 1 is 1.38 bits per heavy atom. The lowest BCUT2D eigenvalue weighted by Crippen LogP contribution is -2.37. The van der Waals surface area contributed by atoms with Gasteiger partial charge in [-0.25, -0.2) is 0 Å². The van der Waals surface area contributed by atoms with E-state index in [4.69, 9.17) is 0 Å². The molecule has 1 aliphatic heterocycles. The topological polar surface area (TPSA) is 57.6 Å². The fraction of sp³-hybridized carbons (Fsp3) is 0.500. The molecule has 114 valence electrons. The number of aliphatic carboxylic acids is 1. The monoisotopic (exact) mass is 307 g/mol. The van der Waals surface area contributed by atoms with E-state index in [1.807, 2.05) is 37.4 Å². The van der Waals surface area contributed by atoms with Gasteiger partial charge in [-0.15, -0.1) is 11.8 Å². The van der Waals surface area contributed by atoms with Crippen molar-refractivity contribution in [3.05, 3.63) is 29.8 Å². The van der Waals surface area contributed by atoms with Crippen LogP contribution in [0.1, 0.15) is 36.5 Å². The molecule has 0 saturated carbocycles. The summed E-state index contributed by atoms with van der Waals surface area (Å²) in [5.74, 6) is -0.836. The maximum Gasteiger partial charge on any atom is 0.311 e. The second kappa shape index (κ2) is 6.52. The Kier molecular flexibility index (Phi) is 4.93. The second-order valence-corrected chi connectivity index (χ2v) is 6.36. The summed E-state index contributed by atoms with van der Waals surface area (Å²) in [4.78, 5) is 26.9. The van der Waals surface area contributed by atoms with E-state index in [2.05, 4.69) is 0 Å². The van der Waals surface area contributed by atoms with Crippen molar-refractivity contribution in [3.8, 4) is 0 Å². The molecule has 0 spiro atoms. The molecule has 0 bridgehead atoms. The number of hydrogen-bond donors (Lipinski definition) is 1. The minimum Gasteiger partial charge on any atom is -0.481 e. The summed E-state index contributed by atoms with van der Waals surface area (Å²) < 4.78 is 0. The third kappa shape index (κ3) is 3.07. The largest absolute Gasteiger partial charge is 0.481 e. The van der Waals surface area contributed by atoms with E-state index in [1.54, 1.807) is 4.90 Å². The van der Waals surface area contributed by atoms with Crippen LogP contribution in [0.4, 0.5) is 0 Å². The highest BCUT2D eigenvalue weighted by molar-refractivity contribution is 7.98. The van der Waals surface area contributed by atoms with Gasteiger partial charge >= 0.3 is 5.97 Å². The Labute approximate surface area is 129 Å². The van der Waals surface area contributed by atoms with Gasteiger partial charge in [0, 0.05) is 18.0 Å². The number of carbonyl (C=O) groups is 2. The number of carboxylic acid groups (broad SMARTS) is 1. The van der Waals surface area contributed by atoms with Crippen LogP contribution in [0.3, 0.4) is 0 Å². The van der Waals surface area contributed by atoms with Crippen molar-refractivity contribution < 1.29 is 14.7 Å². The van der Waals surface area contributed by atoms with Crippen LogP contribution in [-0.2, 0) is 4.79 Å². The quantitative estimate of drug-likeness (QED) is 0.849. The molecule has 1 heterocycles. The normalized spacial score (nSPS) is 21.5. The number of rotatable bonds is 5. The number of carboxylic acids is 1. The van der Waals surface area contributed by atoms with Crippen LogP contribution in [0, 0.1) is 5.41 Å². The number of amides is 1. The first kappa shape index (κ1) is 15.9. The van der Waals surface area contributed by atoms with Gasteiger partial charge in [0.15, 0.2) is 0 Å². The molecule has 0 radical (unpaired) electrons. The zero-order valence-corrected chi connectivity index (χ0v) is 13.3. The summed E-state index contributed by atoms with van der Waals surface area (Å²) in [7, 11) is 0. The summed E-state index contributed by atoms with van der Waals surface area (Å²) in [5.41, 5.74) is -0.0960. The van der Waals surface area contributed by atoms with Crippen LogP contribution in [-0.4, -0.2) is 41.2 Å². The molecule has 1 atom stereocenters.